The SMILES string of the molecule is CN1CCN(/N=C/c2ccc(C3=NOC(CN4CCN(CC(=O)O)CC4)C3)cc2)CC1. The molecule has 1 unspecified atom stereocenters. The van der Waals surface area contributed by atoms with Crippen molar-refractivity contribution in [1.29, 1.82) is 0 Å². The summed E-state index contributed by atoms with van der Waals surface area (Å²) in [6.07, 6.45) is 2.78. The number of hydrogen-bond acceptors (Lipinski definition) is 8. The third-order valence-corrected chi connectivity index (χ3v) is 6.11. The second-order valence-corrected chi connectivity index (χ2v) is 8.56. The molecule has 1 aromatic rings. The van der Waals surface area contributed by atoms with Gasteiger partial charge in [0.2, 0.25) is 0 Å². The molecule has 2 saturated heterocycles. The van der Waals surface area contributed by atoms with Crippen LogP contribution >= 0.6 is 0 Å². The number of oxime groups is 1. The van der Waals surface area contributed by atoms with Crippen molar-refractivity contribution in [2.24, 2.45) is 10.3 Å². The molecule has 0 saturated carbocycles. The molecule has 0 radical (unpaired) electrons. The number of benzene rings is 1. The Bertz CT molecular complexity index is 796. The summed E-state index contributed by atoms with van der Waals surface area (Å²) >= 11 is 0. The second kappa shape index (κ2) is 10.2. The van der Waals surface area contributed by atoms with E-state index in [1.807, 2.05) is 11.1 Å². The summed E-state index contributed by atoms with van der Waals surface area (Å²) in [6, 6.07) is 8.32. The highest BCUT2D eigenvalue weighted by atomic mass is 16.6. The topological polar surface area (TPSA) is 84.2 Å². The molecule has 1 aromatic carbocycles. The maximum absolute atomic E-state index is 10.8. The molecule has 0 spiro atoms. The van der Waals surface area contributed by atoms with Crippen LogP contribution in [0.25, 0.3) is 0 Å². The number of aliphatic carboxylic acids is 1. The summed E-state index contributed by atoms with van der Waals surface area (Å²) in [6.45, 7) is 8.27. The van der Waals surface area contributed by atoms with E-state index in [-0.39, 0.29) is 12.6 Å². The minimum absolute atomic E-state index is 0.0551. The maximum atomic E-state index is 10.8. The van der Waals surface area contributed by atoms with E-state index >= 15 is 0 Å². The molecule has 9 nitrogen and oxygen atoms in total. The van der Waals surface area contributed by atoms with Crippen LogP contribution in [0.5, 0.6) is 0 Å². The number of nitrogens with zero attached hydrogens (tertiary/aromatic N) is 6. The fourth-order valence-electron chi connectivity index (χ4n) is 4.13. The van der Waals surface area contributed by atoms with Gasteiger partial charge in [-0.05, 0) is 18.2 Å². The van der Waals surface area contributed by atoms with Gasteiger partial charge in [-0.15, -0.1) is 0 Å². The monoisotopic (exact) mass is 428 g/mol. The van der Waals surface area contributed by atoms with Gasteiger partial charge in [0, 0.05) is 65.3 Å². The lowest BCUT2D eigenvalue weighted by Gasteiger charge is -2.34. The predicted octanol–water partition coefficient (Wildman–Crippen LogP) is 0.463. The van der Waals surface area contributed by atoms with Crippen LogP contribution < -0.4 is 0 Å². The van der Waals surface area contributed by atoms with Crippen LogP contribution in [-0.2, 0) is 9.63 Å². The Kier molecular flexibility index (Phi) is 7.16. The van der Waals surface area contributed by atoms with Crippen LogP contribution in [0.1, 0.15) is 17.5 Å². The van der Waals surface area contributed by atoms with Crippen molar-refractivity contribution in [3.05, 3.63) is 35.4 Å². The second-order valence-electron chi connectivity index (χ2n) is 8.56. The Morgan fingerprint density at radius 2 is 1.77 bits per heavy atom. The van der Waals surface area contributed by atoms with Crippen molar-refractivity contribution in [3.63, 3.8) is 0 Å². The number of carbonyl (C=O) groups is 1. The van der Waals surface area contributed by atoms with Crippen molar-refractivity contribution in [2.75, 3.05) is 72.5 Å². The standard InChI is InChI=1S/C22H32N6O3/c1-25-6-12-28(13-7-25)23-15-18-2-4-19(5-3-18)21-14-20(31-24-21)16-26-8-10-27(11-9-26)17-22(29)30/h2-5,15,20H,6-14,16-17H2,1H3,(H,29,30)/b23-15+. The van der Waals surface area contributed by atoms with Gasteiger partial charge in [0.1, 0.15) is 6.10 Å². The normalized spacial score (nSPS) is 23.8. The molecule has 3 heterocycles. The average molecular weight is 429 g/mol. The largest absolute Gasteiger partial charge is 0.480 e. The zero-order chi connectivity index (χ0) is 21.6. The van der Waals surface area contributed by atoms with Crippen molar-refractivity contribution in [2.45, 2.75) is 12.5 Å². The van der Waals surface area contributed by atoms with E-state index in [1.54, 1.807) is 0 Å². The Hall–Kier alpha value is -2.49. The lowest BCUT2D eigenvalue weighted by Crippen LogP contribution is -2.49. The highest BCUT2D eigenvalue weighted by molar-refractivity contribution is 6.01. The van der Waals surface area contributed by atoms with E-state index in [0.29, 0.717) is 0 Å². The molecule has 3 aliphatic heterocycles. The number of carboxylic acids is 1. The molecule has 3 aliphatic rings. The van der Waals surface area contributed by atoms with Gasteiger partial charge in [-0.2, -0.15) is 5.10 Å². The van der Waals surface area contributed by atoms with E-state index in [9.17, 15) is 4.79 Å². The first-order chi connectivity index (χ1) is 15.0. The maximum Gasteiger partial charge on any atom is 0.317 e. The van der Waals surface area contributed by atoms with Crippen molar-refractivity contribution >= 4 is 17.9 Å². The summed E-state index contributed by atoms with van der Waals surface area (Å²) in [7, 11) is 2.14. The fourth-order valence-corrected chi connectivity index (χ4v) is 4.13. The number of hydrogen-bond donors (Lipinski definition) is 1. The lowest BCUT2D eigenvalue weighted by molar-refractivity contribution is -0.138. The number of likely N-dealkylation sites (N-methyl/N-ethyl adjacent to an activating group) is 1. The first kappa shape index (κ1) is 21.7. The summed E-state index contributed by atoms with van der Waals surface area (Å²) < 4.78 is 0. The zero-order valence-corrected chi connectivity index (χ0v) is 18.2. The molecule has 1 atom stereocenters. The van der Waals surface area contributed by atoms with Crippen LogP contribution in [0.15, 0.2) is 34.5 Å². The molecule has 0 aliphatic carbocycles. The van der Waals surface area contributed by atoms with Crippen LogP contribution in [0, 0.1) is 0 Å². The van der Waals surface area contributed by atoms with E-state index in [0.717, 1.165) is 82.2 Å². The van der Waals surface area contributed by atoms with E-state index in [4.69, 9.17) is 9.94 Å². The van der Waals surface area contributed by atoms with Crippen LogP contribution in [0.2, 0.25) is 0 Å². The third kappa shape index (κ3) is 6.25. The molecule has 31 heavy (non-hydrogen) atoms. The number of hydrazone groups is 1. The van der Waals surface area contributed by atoms with Gasteiger partial charge in [-0.3, -0.25) is 19.6 Å². The fraction of sp³-hybridized carbons (Fsp3) is 0.591. The van der Waals surface area contributed by atoms with Crippen molar-refractivity contribution in [3.8, 4) is 0 Å². The Morgan fingerprint density at radius 3 is 2.45 bits per heavy atom. The molecule has 1 N–H and O–H groups in total. The molecular weight excluding hydrogens is 396 g/mol. The van der Waals surface area contributed by atoms with Crippen LogP contribution in [-0.4, -0.2) is 121 Å². The van der Waals surface area contributed by atoms with E-state index < -0.39 is 5.97 Å². The highest BCUT2D eigenvalue weighted by Gasteiger charge is 2.27. The summed E-state index contributed by atoms with van der Waals surface area (Å²) in [5.74, 6) is -0.762. The van der Waals surface area contributed by atoms with Crippen molar-refractivity contribution in [1.82, 2.24) is 19.7 Å². The molecule has 0 aromatic heterocycles. The number of rotatable bonds is 7. The van der Waals surface area contributed by atoms with Gasteiger partial charge >= 0.3 is 5.97 Å². The van der Waals surface area contributed by atoms with Crippen LogP contribution in [0.4, 0.5) is 0 Å². The summed E-state index contributed by atoms with van der Waals surface area (Å²) in [5.41, 5.74) is 3.15. The Labute approximate surface area is 183 Å². The first-order valence-corrected chi connectivity index (χ1v) is 11.0. The molecule has 168 valence electrons. The molecule has 4 rings (SSSR count). The smallest absolute Gasteiger partial charge is 0.317 e. The Morgan fingerprint density at radius 1 is 1.10 bits per heavy atom. The van der Waals surface area contributed by atoms with E-state index in [1.165, 1.54) is 0 Å². The Balaban J connectivity index is 1.22. The molecule has 0 bridgehead atoms. The minimum Gasteiger partial charge on any atom is -0.480 e. The number of piperazine rings is 2. The molecular formula is C22H32N6O3. The minimum atomic E-state index is -0.762. The van der Waals surface area contributed by atoms with Gasteiger partial charge in [0.25, 0.3) is 0 Å². The summed E-state index contributed by atoms with van der Waals surface area (Å²) in [4.78, 5) is 23.1. The summed E-state index contributed by atoms with van der Waals surface area (Å²) in [5, 5.41) is 20.0. The quantitative estimate of drug-likeness (QED) is 0.632. The molecule has 9 heteroatoms. The van der Waals surface area contributed by atoms with Gasteiger partial charge in [0.15, 0.2) is 0 Å². The highest BCUT2D eigenvalue weighted by Crippen LogP contribution is 2.18. The third-order valence-electron chi connectivity index (χ3n) is 6.11. The van der Waals surface area contributed by atoms with Gasteiger partial charge in [-0.1, -0.05) is 29.4 Å². The van der Waals surface area contributed by atoms with Crippen molar-refractivity contribution < 1.29 is 14.7 Å². The lowest BCUT2D eigenvalue weighted by atomic mass is 10.0. The molecule has 2 fully saturated rings. The number of carboxylic acid groups (broad SMARTS) is 1. The zero-order valence-electron chi connectivity index (χ0n) is 18.2. The van der Waals surface area contributed by atoms with Gasteiger partial charge in [-0.25, -0.2) is 0 Å². The van der Waals surface area contributed by atoms with Gasteiger partial charge in [0.05, 0.1) is 18.5 Å². The van der Waals surface area contributed by atoms with Gasteiger partial charge < -0.3 is 14.8 Å². The average Bonchev–Trinajstić information content (AvgIpc) is 3.23. The predicted molar refractivity (Wildman–Crippen MR) is 120 cm³/mol. The first-order valence-electron chi connectivity index (χ1n) is 11.0. The van der Waals surface area contributed by atoms with Crippen LogP contribution in [0.3, 0.4) is 0 Å². The molecule has 0 amide bonds. The van der Waals surface area contributed by atoms with E-state index in [2.05, 4.69) is 56.4 Å².